The summed E-state index contributed by atoms with van der Waals surface area (Å²) in [5.74, 6) is 0.964. The third kappa shape index (κ3) is 5.32. The standard InChI is InChI=1S/C27H36N4O4/c32-25-22-10-4-5-11-23(22)26(33)31(25)19-21(35-27(34)20-8-2-1-3-9-20)18-29-14-16-30(17-15-29)24-12-6-7-13-28-24/h4-7,12-13,20-21,32-33H,1-3,8-11,14-19H2. The van der Waals surface area contributed by atoms with Crippen molar-refractivity contribution >= 4 is 11.8 Å². The number of ether oxygens (including phenoxy) is 1. The zero-order valence-electron chi connectivity index (χ0n) is 20.3. The van der Waals surface area contributed by atoms with E-state index in [0.29, 0.717) is 19.4 Å². The van der Waals surface area contributed by atoms with Crippen LogP contribution in [-0.2, 0) is 28.9 Å². The number of piperazine rings is 1. The number of carbonyl (C=O) groups is 1. The molecule has 1 saturated carbocycles. The average molecular weight is 481 g/mol. The first-order valence-corrected chi connectivity index (χ1v) is 13.0. The molecule has 8 heteroatoms. The van der Waals surface area contributed by atoms with Gasteiger partial charge in [-0.25, -0.2) is 4.98 Å². The Hall–Kier alpha value is -3.00. The summed E-state index contributed by atoms with van der Waals surface area (Å²) in [6.45, 7) is 4.16. The zero-order chi connectivity index (χ0) is 24.2. The summed E-state index contributed by atoms with van der Waals surface area (Å²) < 4.78 is 7.61. The largest absolute Gasteiger partial charge is 0.494 e. The minimum atomic E-state index is -0.454. The first-order valence-electron chi connectivity index (χ1n) is 13.0. The van der Waals surface area contributed by atoms with Crippen LogP contribution in [0.3, 0.4) is 0 Å². The number of aromatic nitrogens is 2. The van der Waals surface area contributed by atoms with Gasteiger partial charge in [0.1, 0.15) is 11.9 Å². The molecule has 2 aliphatic carbocycles. The second-order valence-corrected chi connectivity index (χ2v) is 9.96. The Morgan fingerprint density at radius 3 is 2.29 bits per heavy atom. The van der Waals surface area contributed by atoms with Crippen molar-refractivity contribution in [2.24, 2.45) is 5.92 Å². The van der Waals surface area contributed by atoms with Crippen LogP contribution >= 0.6 is 0 Å². The van der Waals surface area contributed by atoms with E-state index in [0.717, 1.165) is 68.8 Å². The second kappa shape index (κ2) is 10.7. The van der Waals surface area contributed by atoms with Crippen LogP contribution in [-0.4, -0.2) is 69.5 Å². The van der Waals surface area contributed by atoms with Crippen LogP contribution in [0, 0.1) is 5.92 Å². The number of hydrogen-bond acceptors (Lipinski definition) is 7. The maximum atomic E-state index is 13.0. The number of allylic oxidation sites excluding steroid dienone is 2. The zero-order valence-corrected chi connectivity index (χ0v) is 20.3. The van der Waals surface area contributed by atoms with E-state index in [1.807, 2.05) is 36.5 Å². The first kappa shape index (κ1) is 23.7. The number of esters is 1. The fourth-order valence-corrected chi connectivity index (χ4v) is 5.62. The van der Waals surface area contributed by atoms with Gasteiger partial charge in [0.15, 0.2) is 11.8 Å². The SMILES string of the molecule is O=C(OC(CN1CCN(c2ccccn2)CC1)Cn1c(O)c2c(c1O)CC=CC2)C1CCCCC1. The molecule has 0 amide bonds. The highest BCUT2D eigenvalue weighted by Gasteiger charge is 2.30. The van der Waals surface area contributed by atoms with Gasteiger partial charge < -0.3 is 19.8 Å². The van der Waals surface area contributed by atoms with Crippen molar-refractivity contribution < 1.29 is 19.7 Å². The topological polar surface area (TPSA) is 91.1 Å². The van der Waals surface area contributed by atoms with Gasteiger partial charge in [-0.1, -0.05) is 37.5 Å². The molecule has 0 bridgehead atoms. The normalized spacial score (nSPS) is 19.9. The highest BCUT2D eigenvalue weighted by Crippen LogP contribution is 2.37. The van der Waals surface area contributed by atoms with Crippen molar-refractivity contribution in [3.8, 4) is 11.8 Å². The summed E-state index contributed by atoms with van der Waals surface area (Å²) in [5, 5.41) is 21.7. The molecule has 0 aromatic carbocycles. The number of rotatable bonds is 7. The van der Waals surface area contributed by atoms with Gasteiger partial charge in [0, 0.05) is 50.0 Å². The molecular formula is C27H36N4O4. The molecule has 3 heterocycles. The molecular weight excluding hydrogens is 444 g/mol. The average Bonchev–Trinajstić information content (AvgIpc) is 3.15. The quantitative estimate of drug-likeness (QED) is 0.464. The highest BCUT2D eigenvalue weighted by molar-refractivity contribution is 5.72. The summed E-state index contributed by atoms with van der Waals surface area (Å²) in [7, 11) is 0. The van der Waals surface area contributed by atoms with Gasteiger partial charge in [-0.2, -0.15) is 0 Å². The van der Waals surface area contributed by atoms with Gasteiger partial charge >= 0.3 is 5.97 Å². The predicted molar refractivity (Wildman–Crippen MR) is 134 cm³/mol. The van der Waals surface area contributed by atoms with Crippen LogP contribution in [0.15, 0.2) is 36.5 Å². The molecule has 1 unspecified atom stereocenters. The van der Waals surface area contributed by atoms with E-state index in [9.17, 15) is 15.0 Å². The Morgan fingerprint density at radius 1 is 0.971 bits per heavy atom. The summed E-state index contributed by atoms with van der Waals surface area (Å²) >= 11 is 0. The number of carbonyl (C=O) groups excluding carboxylic acids is 1. The van der Waals surface area contributed by atoms with E-state index in [1.54, 1.807) is 0 Å². The molecule has 35 heavy (non-hydrogen) atoms. The fourth-order valence-electron chi connectivity index (χ4n) is 5.62. The molecule has 5 rings (SSSR count). The lowest BCUT2D eigenvalue weighted by Crippen LogP contribution is -2.50. The van der Waals surface area contributed by atoms with Gasteiger partial charge in [-0.15, -0.1) is 0 Å². The maximum absolute atomic E-state index is 13.0. The summed E-state index contributed by atoms with van der Waals surface area (Å²) in [6, 6.07) is 5.95. The van der Waals surface area contributed by atoms with E-state index in [2.05, 4.69) is 14.8 Å². The van der Waals surface area contributed by atoms with E-state index in [4.69, 9.17) is 4.74 Å². The van der Waals surface area contributed by atoms with Crippen molar-refractivity contribution in [1.29, 1.82) is 0 Å². The molecule has 0 spiro atoms. The smallest absolute Gasteiger partial charge is 0.309 e. The molecule has 3 aliphatic rings. The lowest BCUT2D eigenvalue weighted by atomic mass is 9.89. The van der Waals surface area contributed by atoms with Gasteiger partial charge in [0.2, 0.25) is 0 Å². The molecule has 1 saturated heterocycles. The van der Waals surface area contributed by atoms with E-state index >= 15 is 0 Å². The first-order chi connectivity index (χ1) is 17.1. The molecule has 1 atom stereocenters. The molecule has 0 radical (unpaired) electrons. The third-order valence-corrected chi connectivity index (χ3v) is 7.64. The third-order valence-electron chi connectivity index (χ3n) is 7.64. The van der Waals surface area contributed by atoms with Gasteiger partial charge in [0.05, 0.1) is 12.5 Å². The highest BCUT2D eigenvalue weighted by atomic mass is 16.5. The molecule has 188 valence electrons. The molecule has 2 aromatic rings. The van der Waals surface area contributed by atoms with Crippen molar-refractivity contribution in [2.45, 2.75) is 57.6 Å². The second-order valence-electron chi connectivity index (χ2n) is 9.96. The lowest BCUT2D eigenvalue weighted by Gasteiger charge is -2.37. The van der Waals surface area contributed by atoms with E-state index in [-0.39, 0.29) is 30.2 Å². The number of hydrogen-bond donors (Lipinski definition) is 2. The summed E-state index contributed by atoms with van der Waals surface area (Å²) in [5.41, 5.74) is 1.54. The monoisotopic (exact) mass is 480 g/mol. The minimum Gasteiger partial charge on any atom is -0.494 e. The number of fused-ring (bicyclic) bond motifs is 1. The van der Waals surface area contributed by atoms with Crippen LogP contribution in [0.5, 0.6) is 11.8 Å². The van der Waals surface area contributed by atoms with Gasteiger partial charge in [-0.3, -0.25) is 14.3 Å². The number of pyridine rings is 1. The number of aromatic hydroxyl groups is 2. The van der Waals surface area contributed by atoms with Crippen LogP contribution < -0.4 is 4.90 Å². The van der Waals surface area contributed by atoms with Crippen molar-refractivity contribution in [3.05, 3.63) is 47.7 Å². The molecule has 2 aromatic heterocycles. The Balaban J connectivity index is 1.28. The molecule has 2 N–H and O–H groups in total. The van der Waals surface area contributed by atoms with Crippen molar-refractivity contribution in [1.82, 2.24) is 14.5 Å². The number of nitrogens with zero attached hydrogens (tertiary/aromatic N) is 4. The van der Waals surface area contributed by atoms with Crippen LogP contribution in [0.1, 0.15) is 43.2 Å². The van der Waals surface area contributed by atoms with Gasteiger partial charge in [-0.05, 0) is 37.8 Å². The minimum absolute atomic E-state index is 0.0449. The van der Waals surface area contributed by atoms with E-state index in [1.165, 1.54) is 11.0 Å². The van der Waals surface area contributed by atoms with Crippen molar-refractivity contribution in [2.75, 3.05) is 37.6 Å². The van der Waals surface area contributed by atoms with E-state index < -0.39 is 6.10 Å². The fraction of sp³-hybridized carbons (Fsp3) is 0.556. The Labute approximate surface area is 206 Å². The Bertz CT molecular complexity index is 1010. The Kier molecular flexibility index (Phi) is 7.27. The molecule has 1 aliphatic heterocycles. The predicted octanol–water partition coefficient (Wildman–Crippen LogP) is 3.26. The molecule has 2 fully saturated rings. The molecule has 8 nitrogen and oxygen atoms in total. The summed E-state index contributed by atoms with van der Waals surface area (Å²) in [6.07, 6.45) is 11.7. The van der Waals surface area contributed by atoms with Crippen LogP contribution in [0.4, 0.5) is 5.82 Å². The summed E-state index contributed by atoms with van der Waals surface area (Å²) in [4.78, 5) is 22.1. The lowest BCUT2D eigenvalue weighted by molar-refractivity contribution is -0.157. The number of anilines is 1. The Morgan fingerprint density at radius 2 is 1.66 bits per heavy atom. The van der Waals surface area contributed by atoms with Crippen LogP contribution in [0.25, 0.3) is 0 Å². The van der Waals surface area contributed by atoms with Gasteiger partial charge in [0.25, 0.3) is 0 Å². The van der Waals surface area contributed by atoms with Crippen molar-refractivity contribution in [3.63, 3.8) is 0 Å². The maximum Gasteiger partial charge on any atom is 0.309 e. The van der Waals surface area contributed by atoms with Crippen LogP contribution in [0.2, 0.25) is 0 Å².